The van der Waals surface area contributed by atoms with E-state index in [-0.39, 0.29) is 37.6 Å². The summed E-state index contributed by atoms with van der Waals surface area (Å²) in [5.41, 5.74) is 3.16. The summed E-state index contributed by atoms with van der Waals surface area (Å²) in [6, 6.07) is 7.38. The fourth-order valence-corrected chi connectivity index (χ4v) is 8.09. The van der Waals surface area contributed by atoms with Crippen molar-refractivity contribution in [1.82, 2.24) is 30.7 Å². The van der Waals surface area contributed by atoms with E-state index in [1.807, 2.05) is 44.2 Å². The van der Waals surface area contributed by atoms with Gasteiger partial charge in [0.1, 0.15) is 30.2 Å². The number of urea groups is 1. The van der Waals surface area contributed by atoms with E-state index in [0.29, 0.717) is 44.3 Å². The van der Waals surface area contributed by atoms with Crippen molar-refractivity contribution in [2.45, 2.75) is 128 Å². The minimum Gasteiger partial charge on any atom is -0.391 e. The van der Waals surface area contributed by atoms with E-state index in [9.17, 15) is 43.8 Å². The van der Waals surface area contributed by atoms with Crippen molar-refractivity contribution in [3.8, 4) is 0 Å². The van der Waals surface area contributed by atoms with E-state index in [2.05, 4.69) is 21.3 Å². The summed E-state index contributed by atoms with van der Waals surface area (Å²) in [6.45, 7) is 8.43. The highest BCUT2D eigenvalue weighted by molar-refractivity contribution is 5.98. The van der Waals surface area contributed by atoms with Gasteiger partial charge in [0.2, 0.25) is 29.5 Å². The SMILES string of the molecule is CC(=O)[C@@H]1CCCN1C(=O)[C@H](C)NC(=O)[C@@H]1CCCCN1C(=O)[C@@H]1C[C@@H](O)CN1C(=O)[C@@H](NC(=O)[C@H](Cc1cccc(C)c1)NC(=O)Nc1ccc(C)cc1)[C@H](C)O. The first-order chi connectivity index (χ1) is 27.5. The monoisotopic (exact) mass is 803 g/mol. The highest BCUT2D eigenvalue weighted by Crippen LogP contribution is 2.27. The van der Waals surface area contributed by atoms with E-state index < -0.39 is 78.1 Å². The minimum absolute atomic E-state index is 0.0526. The van der Waals surface area contributed by atoms with E-state index in [0.717, 1.165) is 21.6 Å². The van der Waals surface area contributed by atoms with Crippen LogP contribution in [0.4, 0.5) is 10.5 Å². The Morgan fingerprint density at radius 3 is 2.14 bits per heavy atom. The van der Waals surface area contributed by atoms with Gasteiger partial charge in [-0.1, -0.05) is 47.5 Å². The van der Waals surface area contributed by atoms with Gasteiger partial charge in [-0.2, -0.15) is 0 Å². The van der Waals surface area contributed by atoms with Gasteiger partial charge in [-0.05, 0) is 84.4 Å². The lowest BCUT2D eigenvalue weighted by Crippen LogP contribution is -2.62. The summed E-state index contributed by atoms with van der Waals surface area (Å²) in [6.07, 6.45) is 0.132. The molecule has 3 fully saturated rings. The smallest absolute Gasteiger partial charge is 0.319 e. The molecule has 6 N–H and O–H groups in total. The molecule has 8 atom stereocenters. The highest BCUT2D eigenvalue weighted by atomic mass is 16.3. The Balaban J connectivity index is 1.30. The largest absolute Gasteiger partial charge is 0.391 e. The molecule has 58 heavy (non-hydrogen) atoms. The predicted octanol–water partition coefficient (Wildman–Crippen LogP) is 1.33. The number of nitrogens with zero attached hydrogens (tertiary/aromatic N) is 3. The lowest BCUT2D eigenvalue weighted by Gasteiger charge is -2.39. The summed E-state index contributed by atoms with van der Waals surface area (Å²) in [4.78, 5) is 98.7. The molecule has 3 heterocycles. The number of aryl methyl sites for hydroxylation is 2. The average molecular weight is 804 g/mol. The molecule has 5 rings (SSSR count). The molecule has 16 nitrogen and oxygen atoms in total. The van der Waals surface area contributed by atoms with Crippen molar-refractivity contribution in [1.29, 1.82) is 0 Å². The van der Waals surface area contributed by atoms with E-state index in [1.54, 1.807) is 25.1 Å². The second-order valence-electron chi connectivity index (χ2n) is 15.9. The zero-order valence-corrected chi connectivity index (χ0v) is 33.9. The van der Waals surface area contributed by atoms with Crippen LogP contribution in [0.2, 0.25) is 0 Å². The Labute approximate surface area is 339 Å². The maximum Gasteiger partial charge on any atom is 0.319 e. The van der Waals surface area contributed by atoms with Gasteiger partial charge in [-0.15, -0.1) is 0 Å². The molecule has 16 heteroatoms. The summed E-state index contributed by atoms with van der Waals surface area (Å²) < 4.78 is 0. The number of β-amino-alcohol motifs (C(OH)–C–C–N with tert-alkyl or cyclic N) is 1. The molecule has 2 aromatic rings. The van der Waals surface area contributed by atoms with Crippen molar-refractivity contribution in [2.75, 3.05) is 25.0 Å². The number of nitrogens with one attached hydrogen (secondary N) is 4. The van der Waals surface area contributed by atoms with Gasteiger partial charge in [0.15, 0.2) is 5.78 Å². The van der Waals surface area contributed by atoms with Crippen LogP contribution in [0.5, 0.6) is 0 Å². The Kier molecular flexibility index (Phi) is 14.6. The molecule has 3 saturated heterocycles. The molecule has 0 radical (unpaired) electrons. The van der Waals surface area contributed by atoms with Crippen LogP contribution in [-0.4, -0.2) is 134 Å². The molecule has 0 saturated carbocycles. The zero-order valence-electron chi connectivity index (χ0n) is 33.9. The number of carbonyl (C=O) groups is 7. The molecule has 0 bridgehead atoms. The number of amides is 7. The van der Waals surface area contributed by atoms with Crippen LogP contribution in [0, 0.1) is 13.8 Å². The maximum atomic E-state index is 14.3. The molecule has 0 unspecified atom stereocenters. The molecule has 2 aromatic carbocycles. The number of piperidine rings is 1. The second kappa shape index (κ2) is 19.4. The van der Waals surface area contributed by atoms with E-state index in [4.69, 9.17) is 0 Å². The minimum atomic E-state index is -1.56. The topological polar surface area (TPSA) is 218 Å². The van der Waals surface area contributed by atoms with Crippen LogP contribution in [0.15, 0.2) is 48.5 Å². The Hall–Kier alpha value is -5.35. The van der Waals surface area contributed by atoms with Gasteiger partial charge in [0, 0.05) is 38.2 Å². The number of carbonyl (C=O) groups excluding carboxylic acids is 7. The first kappa shape index (κ1) is 43.8. The first-order valence-corrected chi connectivity index (χ1v) is 20.1. The van der Waals surface area contributed by atoms with Crippen LogP contribution in [0.1, 0.15) is 76.0 Å². The fraction of sp³-hybridized carbons (Fsp3) is 0.548. The summed E-state index contributed by atoms with van der Waals surface area (Å²) in [5, 5.41) is 32.4. The van der Waals surface area contributed by atoms with Crippen molar-refractivity contribution >= 4 is 47.0 Å². The third kappa shape index (κ3) is 10.8. The van der Waals surface area contributed by atoms with Crippen molar-refractivity contribution in [3.63, 3.8) is 0 Å². The molecule has 3 aliphatic rings. The molecular formula is C42H57N7O9. The van der Waals surface area contributed by atoms with Gasteiger partial charge in [0.05, 0.1) is 18.2 Å². The van der Waals surface area contributed by atoms with Crippen LogP contribution >= 0.6 is 0 Å². The van der Waals surface area contributed by atoms with Crippen molar-refractivity contribution in [2.24, 2.45) is 0 Å². The molecule has 3 aliphatic heterocycles. The van der Waals surface area contributed by atoms with Crippen LogP contribution in [-0.2, 0) is 35.2 Å². The summed E-state index contributed by atoms with van der Waals surface area (Å²) >= 11 is 0. The quantitative estimate of drug-likeness (QED) is 0.172. The molecule has 314 valence electrons. The zero-order chi connectivity index (χ0) is 42.3. The Morgan fingerprint density at radius 2 is 1.47 bits per heavy atom. The lowest BCUT2D eigenvalue weighted by atomic mass is 9.98. The summed E-state index contributed by atoms with van der Waals surface area (Å²) in [7, 11) is 0. The van der Waals surface area contributed by atoms with Gasteiger partial charge in [0.25, 0.3) is 0 Å². The van der Waals surface area contributed by atoms with Crippen LogP contribution < -0.4 is 21.3 Å². The normalized spacial score (nSPS) is 22.6. The number of aliphatic hydroxyl groups excluding tert-OH is 2. The third-order valence-corrected chi connectivity index (χ3v) is 11.2. The second-order valence-corrected chi connectivity index (χ2v) is 15.9. The van der Waals surface area contributed by atoms with Crippen molar-refractivity contribution in [3.05, 3.63) is 65.2 Å². The Morgan fingerprint density at radius 1 is 0.776 bits per heavy atom. The number of rotatable bonds is 13. The molecule has 0 aliphatic carbocycles. The van der Waals surface area contributed by atoms with Gasteiger partial charge < -0.3 is 46.2 Å². The number of benzene rings is 2. The number of hydrogen-bond acceptors (Lipinski definition) is 9. The first-order valence-electron chi connectivity index (χ1n) is 20.1. The third-order valence-electron chi connectivity index (χ3n) is 11.2. The van der Waals surface area contributed by atoms with Crippen LogP contribution in [0.25, 0.3) is 0 Å². The van der Waals surface area contributed by atoms with Crippen molar-refractivity contribution < 1.29 is 43.8 Å². The number of ketones is 1. The maximum absolute atomic E-state index is 14.3. The average Bonchev–Trinajstić information content (AvgIpc) is 3.84. The standard InChI is InChI=1S/C42H57N7O9/c1-24-14-16-30(17-15-24)44-42(58)45-32(21-29-11-8-10-25(2)20-29)37(53)46-36(28(5)51)41(57)49-23-31(52)22-35(49)40(56)48-18-7-6-12-34(48)38(54)43-26(3)39(55)47-19-9-13-33(47)27(4)50/h8,10-11,14-17,20,26,28,31-36,51-52H,6-7,9,12-13,18-19,21-23H2,1-5H3,(H,43,54)(H,46,53)(H2,44,45,58)/t26-,28-,31+,32-,33-,34-,35-,36-/m0/s1. The van der Waals surface area contributed by atoms with E-state index in [1.165, 1.54) is 23.6 Å². The molecule has 7 amide bonds. The van der Waals surface area contributed by atoms with Crippen LogP contribution in [0.3, 0.4) is 0 Å². The van der Waals surface area contributed by atoms with E-state index >= 15 is 0 Å². The lowest BCUT2D eigenvalue weighted by molar-refractivity contribution is -0.152. The van der Waals surface area contributed by atoms with Gasteiger partial charge in [-0.25, -0.2) is 4.79 Å². The summed E-state index contributed by atoms with van der Waals surface area (Å²) in [5.74, 6) is -3.21. The number of Topliss-reactive ketones (excluding diaryl/α,β-unsaturated/α-hetero) is 1. The van der Waals surface area contributed by atoms with Gasteiger partial charge >= 0.3 is 6.03 Å². The molecular weight excluding hydrogens is 747 g/mol. The number of anilines is 1. The van der Waals surface area contributed by atoms with Gasteiger partial charge in [-0.3, -0.25) is 28.8 Å². The highest BCUT2D eigenvalue weighted by Gasteiger charge is 2.47. The number of aliphatic hydroxyl groups is 2. The number of hydrogen-bond donors (Lipinski definition) is 6. The molecule has 0 spiro atoms. The molecule has 0 aromatic heterocycles. The Bertz CT molecular complexity index is 1850. The number of likely N-dealkylation sites (tertiary alicyclic amines) is 3. The predicted molar refractivity (Wildman–Crippen MR) is 214 cm³/mol. The fourth-order valence-electron chi connectivity index (χ4n) is 8.09.